The van der Waals surface area contributed by atoms with Crippen molar-refractivity contribution in [2.24, 2.45) is 0 Å². The van der Waals surface area contributed by atoms with Crippen LogP contribution in [0, 0.1) is 0 Å². The Hall–Kier alpha value is -0.840. The predicted octanol–water partition coefficient (Wildman–Crippen LogP) is 5.49. The average Bonchev–Trinajstić information content (AvgIpc) is 2.40. The summed E-state index contributed by atoms with van der Waals surface area (Å²) in [5.41, 5.74) is 1.07. The molecule has 5 heteroatoms. The van der Waals surface area contributed by atoms with E-state index in [1.165, 1.54) is 0 Å². The molecule has 0 aromatic heterocycles. The van der Waals surface area contributed by atoms with Crippen LogP contribution >= 0.6 is 43.5 Å². The van der Waals surface area contributed by atoms with E-state index in [-0.39, 0.29) is 5.78 Å². The lowest BCUT2D eigenvalue weighted by atomic mass is 10.0. The first-order chi connectivity index (χ1) is 9.52. The lowest BCUT2D eigenvalue weighted by molar-refractivity contribution is 0.103. The summed E-state index contributed by atoms with van der Waals surface area (Å²) < 4.78 is 7.01. The molecule has 0 aliphatic heterocycles. The number of ketones is 1. The van der Waals surface area contributed by atoms with E-state index in [9.17, 15) is 4.79 Å². The highest BCUT2D eigenvalue weighted by atomic mass is 79.9. The Morgan fingerprint density at radius 3 is 2.55 bits per heavy atom. The van der Waals surface area contributed by atoms with Crippen LogP contribution in [0.25, 0.3) is 0 Å². The van der Waals surface area contributed by atoms with Gasteiger partial charge in [0.05, 0.1) is 12.2 Å². The Bertz CT molecular complexity index is 656. The summed E-state index contributed by atoms with van der Waals surface area (Å²) in [6.07, 6.45) is 0. The number of rotatable bonds is 4. The molecule has 0 saturated heterocycles. The molecule has 0 fully saturated rings. The van der Waals surface area contributed by atoms with Crippen LogP contribution < -0.4 is 4.74 Å². The molecule has 0 heterocycles. The van der Waals surface area contributed by atoms with Crippen molar-refractivity contribution in [3.8, 4) is 5.75 Å². The van der Waals surface area contributed by atoms with Crippen molar-refractivity contribution in [2.75, 3.05) is 6.61 Å². The first kappa shape index (κ1) is 15.5. The van der Waals surface area contributed by atoms with Crippen LogP contribution in [0.2, 0.25) is 5.02 Å². The normalized spacial score (nSPS) is 10.4. The number of halogens is 3. The SMILES string of the molecule is CCOc1ccc(Br)cc1C(=O)c1ccc(Cl)cc1Br. The van der Waals surface area contributed by atoms with Gasteiger partial charge < -0.3 is 4.74 Å². The minimum atomic E-state index is -0.113. The molecule has 0 bridgehead atoms. The fourth-order valence-corrected chi connectivity index (χ4v) is 3.00. The zero-order valence-corrected chi connectivity index (χ0v) is 14.5. The second kappa shape index (κ2) is 6.74. The molecule has 0 unspecified atom stereocenters. The van der Waals surface area contributed by atoms with Gasteiger partial charge in [-0.1, -0.05) is 27.5 Å². The molecule has 0 spiro atoms. The summed E-state index contributed by atoms with van der Waals surface area (Å²) in [6, 6.07) is 10.5. The van der Waals surface area contributed by atoms with Crippen molar-refractivity contribution in [3.63, 3.8) is 0 Å². The molecule has 2 aromatic carbocycles. The monoisotopic (exact) mass is 416 g/mol. The molecule has 2 rings (SSSR count). The van der Waals surface area contributed by atoms with Crippen LogP contribution in [0.3, 0.4) is 0 Å². The van der Waals surface area contributed by atoms with E-state index < -0.39 is 0 Å². The lowest BCUT2D eigenvalue weighted by Gasteiger charge is -2.11. The van der Waals surface area contributed by atoms with Crippen molar-refractivity contribution in [1.29, 1.82) is 0 Å². The smallest absolute Gasteiger partial charge is 0.197 e. The molecule has 0 amide bonds. The fourth-order valence-electron chi connectivity index (χ4n) is 1.78. The minimum Gasteiger partial charge on any atom is -0.493 e. The summed E-state index contributed by atoms with van der Waals surface area (Å²) in [4.78, 5) is 12.7. The molecule has 0 N–H and O–H groups in total. The average molecular weight is 419 g/mol. The highest BCUT2D eigenvalue weighted by molar-refractivity contribution is 9.10. The van der Waals surface area contributed by atoms with Gasteiger partial charge in [-0.25, -0.2) is 0 Å². The maximum absolute atomic E-state index is 12.7. The van der Waals surface area contributed by atoms with Gasteiger partial charge in [-0.05, 0) is 59.3 Å². The topological polar surface area (TPSA) is 26.3 Å². The van der Waals surface area contributed by atoms with E-state index in [2.05, 4.69) is 31.9 Å². The fraction of sp³-hybridized carbons (Fsp3) is 0.133. The lowest BCUT2D eigenvalue weighted by Crippen LogP contribution is -2.06. The molecule has 0 saturated carbocycles. The molecule has 0 aliphatic carbocycles. The summed E-state index contributed by atoms with van der Waals surface area (Å²) in [5.74, 6) is 0.459. The molecule has 2 aromatic rings. The van der Waals surface area contributed by atoms with Crippen LogP contribution in [0.15, 0.2) is 45.3 Å². The molecule has 2 nitrogen and oxygen atoms in total. The van der Waals surface area contributed by atoms with E-state index in [1.54, 1.807) is 30.3 Å². The van der Waals surface area contributed by atoms with Crippen molar-refractivity contribution in [3.05, 3.63) is 61.5 Å². The largest absolute Gasteiger partial charge is 0.493 e. The third kappa shape index (κ3) is 3.43. The summed E-state index contributed by atoms with van der Waals surface area (Å²) in [7, 11) is 0. The van der Waals surface area contributed by atoms with Crippen LogP contribution in [0.4, 0.5) is 0 Å². The zero-order valence-electron chi connectivity index (χ0n) is 10.6. The molecule has 20 heavy (non-hydrogen) atoms. The second-order valence-corrected chi connectivity index (χ2v) is 6.23. The Morgan fingerprint density at radius 1 is 1.15 bits per heavy atom. The van der Waals surface area contributed by atoms with E-state index >= 15 is 0 Å². The number of carbonyl (C=O) groups excluding carboxylic acids is 1. The van der Waals surface area contributed by atoms with Gasteiger partial charge in [0.1, 0.15) is 5.75 Å². The third-order valence-electron chi connectivity index (χ3n) is 2.66. The summed E-state index contributed by atoms with van der Waals surface area (Å²) in [5, 5.41) is 0.577. The van der Waals surface area contributed by atoms with Gasteiger partial charge in [0.15, 0.2) is 5.78 Å². The number of ether oxygens (including phenoxy) is 1. The van der Waals surface area contributed by atoms with Crippen LogP contribution in [0.1, 0.15) is 22.8 Å². The van der Waals surface area contributed by atoms with E-state index in [0.717, 1.165) is 4.47 Å². The van der Waals surface area contributed by atoms with Crippen LogP contribution in [-0.2, 0) is 0 Å². The van der Waals surface area contributed by atoms with Crippen molar-refractivity contribution in [2.45, 2.75) is 6.92 Å². The Kier molecular flexibility index (Phi) is 5.24. The first-order valence-corrected chi connectivity index (χ1v) is 7.91. The molecular formula is C15H11Br2ClO2. The molecule has 104 valence electrons. The highest BCUT2D eigenvalue weighted by Crippen LogP contribution is 2.29. The van der Waals surface area contributed by atoms with Crippen molar-refractivity contribution < 1.29 is 9.53 Å². The van der Waals surface area contributed by atoms with Gasteiger partial charge >= 0.3 is 0 Å². The van der Waals surface area contributed by atoms with Gasteiger partial charge in [0.25, 0.3) is 0 Å². The number of hydrogen-bond acceptors (Lipinski definition) is 2. The van der Waals surface area contributed by atoms with Crippen LogP contribution in [-0.4, -0.2) is 12.4 Å². The highest BCUT2D eigenvalue weighted by Gasteiger charge is 2.17. The number of hydrogen-bond donors (Lipinski definition) is 0. The predicted molar refractivity (Wildman–Crippen MR) is 87.9 cm³/mol. The summed E-state index contributed by atoms with van der Waals surface area (Å²) >= 11 is 12.6. The standard InChI is InChI=1S/C15H11Br2ClO2/c1-2-20-14-6-3-9(16)7-12(14)15(19)11-5-4-10(18)8-13(11)17/h3-8H,2H2,1H3. The minimum absolute atomic E-state index is 0.113. The quantitative estimate of drug-likeness (QED) is 0.614. The Morgan fingerprint density at radius 2 is 1.90 bits per heavy atom. The maximum Gasteiger partial charge on any atom is 0.197 e. The van der Waals surface area contributed by atoms with E-state index in [1.807, 2.05) is 13.0 Å². The van der Waals surface area contributed by atoms with Crippen LogP contribution in [0.5, 0.6) is 5.75 Å². The molecular weight excluding hydrogens is 407 g/mol. The number of carbonyl (C=O) groups is 1. The van der Waals surface area contributed by atoms with Gasteiger partial charge in [0, 0.05) is 19.5 Å². The van der Waals surface area contributed by atoms with E-state index in [0.29, 0.717) is 33.0 Å². The summed E-state index contributed by atoms with van der Waals surface area (Å²) in [6.45, 7) is 2.39. The second-order valence-electron chi connectivity index (χ2n) is 4.03. The third-order valence-corrected chi connectivity index (χ3v) is 4.05. The van der Waals surface area contributed by atoms with Gasteiger partial charge in [-0.3, -0.25) is 4.79 Å². The van der Waals surface area contributed by atoms with Gasteiger partial charge in [-0.15, -0.1) is 0 Å². The number of benzene rings is 2. The molecule has 0 aliphatic rings. The Balaban J connectivity index is 2.49. The van der Waals surface area contributed by atoms with Crippen molar-refractivity contribution in [1.82, 2.24) is 0 Å². The first-order valence-electron chi connectivity index (χ1n) is 5.95. The maximum atomic E-state index is 12.7. The van der Waals surface area contributed by atoms with Gasteiger partial charge in [-0.2, -0.15) is 0 Å². The Labute approximate surface area is 139 Å². The zero-order chi connectivity index (χ0) is 14.7. The molecule has 0 atom stereocenters. The molecule has 0 radical (unpaired) electrons. The van der Waals surface area contributed by atoms with Crippen molar-refractivity contribution >= 4 is 49.2 Å². The van der Waals surface area contributed by atoms with E-state index in [4.69, 9.17) is 16.3 Å². The van der Waals surface area contributed by atoms with Gasteiger partial charge in [0.2, 0.25) is 0 Å².